The molecule has 0 radical (unpaired) electrons. The van der Waals surface area contributed by atoms with E-state index in [1.807, 2.05) is 6.92 Å². The Balaban J connectivity index is 0.000000315. The van der Waals surface area contributed by atoms with Gasteiger partial charge < -0.3 is 9.53 Å². The lowest BCUT2D eigenvalue weighted by Gasteiger charge is -2.38. The molecule has 0 aliphatic heterocycles. The van der Waals surface area contributed by atoms with Crippen molar-refractivity contribution in [2.45, 2.75) is 71.9 Å². The zero-order chi connectivity index (χ0) is 31.0. The number of rotatable bonds is 5. The minimum atomic E-state index is -1.79. The smallest absolute Gasteiger partial charge is 0.192 e. The van der Waals surface area contributed by atoms with Crippen molar-refractivity contribution in [3.05, 3.63) is 102 Å². The fraction of sp³-hybridized carbons (Fsp3) is 0.367. The number of aliphatic hydroxyl groups is 1. The Hall–Kier alpha value is -1.30. The minimum absolute atomic E-state index is 0.0113. The zero-order valence-corrected chi connectivity index (χ0v) is 29.6. The topological polar surface area (TPSA) is 46.5 Å². The highest BCUT2D eigenvalue weighted by Gasteiger charge is 2.38. The van der Waals surface area contributed by atoms with Gasteiger partial charge in [0, 0.05) is 5.56 Å². The first-order valence-electron chi connectivity index (χ1n) is 12.5. The third-order valence-electron chi connectivity index (χ3n) is 6.44. The van der Waals surface area contributed by atoms with Crippen molar-refractivity contribution < 1.29 is 27.5 Å². The quantitative estimate of drug-likeness (QED) is 0.208. The van der Waals surface area contributed by atoms with Crippen LogP contribution in [-0.2, 0) is 4.43 Å². The molecular formula is C30H36Br3F3O3Si. The maximum absolute atomic E-state index is 13.2. The number of aliphatic hydroxyl groups excluding tert-OH is 1. The van der Waals surface area contributed by atoms with Crippen LogP contribution >= 0.6 is 47.8 Å². The molecule has 0 unspecified atom stereocenters. The molecule has 0 bridgehead atoms. The van der Waals surface area contributed by atoms with Crippen molar-refractivity contribution in [2.75, 3.05) is 0 Å². The molecule has 1 N–H and O–H groups in total. The van der Waals surface area contributed by atoms with Gasteiger partial charge in [0.2, 0.25) is 0 Å². The second kappa shape index (κ2) is 15.8. The van der Waals surface area contributed by atoms with Gasteiger partial charge in [-0.15, -0.1) is 0 Å². The first-order chi connectivity index (χ1) is 18.3. The van der Waals surface area contributed by atoms with Gasteiger partial charge in [0.15, 0.2) is 14.1 Å². The summed E-state index contributed by atoms with van der Waals surface area (Å²) in [4.78, 5) is 10.8. The lowest BCUT2D eigenvalue weighted by Crippen LogP contribution is -2.41. The monoisotopic (exact) mass is 766 g/mol. The number of benzene rings is 3. The van der Waals surface area contributed by atoms with Crippen LogP contribution in [0.3, 0.4) is 0 Å². The van der Waals surface area contributed by atoms with Crippen molar-refractivity contribution in [3.8, 4) is 0 Å². The highest BCUT2D eigenvalue weighted by atomic mass is 79.9. The van der Waals surface area contributed by atoms with Gasteiger partial charge >= 0.3 is 0 Å². The van der Waals surface area contributed by atoms with Crippen LogP contribution in [0.2, 0.25) is 18.1 Å². The lowest BCUT2D eigenvalue weighted by molar-refractivity contribution is 0.101. The van der Waals surface area contributed by atoms with Gasteiger partial charge in [-0.25, -0.2) is 13.2 Å². The molecule has 0 fully saturated rings. The van der Waals surface area contributed by atoms with Gasteiger partial charge in [-0.3, -0.25) is 4.79 Å². The van der Waals surface area contributed by atoms with Crippen LogP contribution < -0.4 is 0 Å². The van der Waals surface area contributed by atoms with Crippen LogP contribution in [0.1, 0.15) is 75.2 Å². The molecule has 40 heavy (non-hydrogen) atoms. The first kappa shape index (κ1) is 36.7. The first-order valence-corrected chi connectivity index (χ1v) is 17.8. The average Bonchev–Trinajstić information content (AvgIpc) is 2.84. The molecule has 0 heterocycles. The number of carbonyl (C=O) groups is 1. The van der Waals surface area contributed by atoms with Gasteiger partial charge in [0.25, 0.3) is 0 Å². The van der Waals surface area contributed by atoms with Crippen LogP contribution in [-0.4, -0.2) is 19.2 Å². The molecule has 0 aromatic heterocycles. The zero-order valence-electron chi connectivity index (χ0n) is 23.9. The van der Waals surface area contributed by atoms with Crippen LogP contribution in [0.5, 0.6) is 0 Å². The van der Waals surface area contributed by atoms with E-state index in [1.54, 1.807) is 31.2 Å². The van der Waals surface area contributed by atoms with E-state index >= 15 is 0 Å². The van der Waals surface area contributed by atoms with Gasteiger partial charge in [-0.2, -0.15) is 0 Å². The molecule has 220 valence electrons. The van der Waals surface area contributed by atoms with Crippen LogP contribution in [0.25, 0.3) is 0 Å². The predicted octanol–water partition coefficient (Wildman–Crippen LogP) is 11.1. The highest BCUT2D eigenvalue weighted by molar-refractivity contribution is 9.11. The number of Topliss-reactive ketones (excluding diaryl/α,β-unsaturated/α-hetero) is 1. The number of halogens is 6. The van der Waals surface area contributed by atoms with Gasteiger partial charge in [-0.05, 0) is 140 Å². The van der Waals surface area contributed by atoms with Crippen molar-refractivity contribution in [2.24, 2.45) is 0 Å². The largest absolute Gasteiger partial charge is 0.410 e. The number of hydrogen-bond donors (Lipinski definition) is 1. The summed E-state index contributed by atoms with van der Waals surface area (Å²) in [6.45, 7) is 16.2. The summed E-state index contributed by atoms with van der Waals surface area (Å²) in [5.74, 6) is -0.964. The Morgan fingerprint density at radius 3 is 1.57 bits per heavy atom. The van der Waals surface area contributed by atoms with Crippen LogP contribution in [0, 0.1) is 17.5 Å². The number of ketones is 1. The van der Waals surface area contributed by atoms with E-state index < -0.39 is 14.4 Å². The Kier molecular flexibility index (Phi) is 14.5. The van der Waals surface area contributed by atoms with E-state index in [0.717, 1.165) is 5.56 Å². The maximum atomic E-state index is 13.2. The molecule has 3 aromatic carbocycles. The normalized spacial score (nSPS) is 12.9. The molecule has 10 heteroatoms. The molecule has 3 aromatic rings. The van der Waals surface area contributed by atoms with Crippen molar-refractivity contribution >= 4 is 61.9 Å². The van der Waals surface area contributed by atoms with E-state index in [-0.39, 0.29) is 34.4 Å². The fourth-order valence-electron chi connectivity index (χ4n) is 2.94. The third-order valence-corrected chi connectivity index (χ3v) is 12.8. The average molecular weight is 769 g/mol. The van der Waals surface area contributed by atoms with Crippen molar-refractivity contribution in [1.82, 2.24) is 0 Å². The van der Waals surface area contributed by atoms with Gasteiger partial charge in [0.05, 0.1) is 25.6 Å². The van der Waals surface area contributed by atoms with E-state index in [0.29, 0.717) is 24.5 Å². The lowest BCUT2D eigenvalue weighted by atomic mass is 10.1. The van der Waals surface area contributed by atoms with Gasteiger partial charge in [-0.1, -0.05) is 32.9 Å². The molecule has 0 spiro atoms. The van der Waals surface area contributed by atoms with E-state index in [1.165, 1.54) is 37.3 Å². The number of hydrogen-bond acceptors (Lipinski definition) is 3. The Morgan fingerprint density at radius 2 is 1.20 bits per heavy atom. The summed E-state index contributed by atoms with van der Waals surface area (Å²) >= 11 is 9.23. The molecule has 3 rings (SSSR count). The van der Waals surface area contributed by atoms with Gasteiger partial charge in [0.1, 0.15) is 17.5 Å². The van der Waals surface area contributed by atoms with E-state index in [4.69, 9.17) is 9.53 Å². The molecule has 3 nitrogen and oxygen atoms in total. The Labute approximate surface area is 262 Å². The molecule has 2 atom stereocenters. The molecule has 0 saturated carbocycles. The molecule has 0 amide bonds. The summed E-state index contributed by atoms with van der Waals surface area (Å²) in [7, 11) is -1.79. The molecule has 0 saturated heterocycles. The standard InChI is InChI=1S/C14H22BrFOSi.C8H8BrFO.C8H6BrFO/c1-10(17-18(5,6)14(2,3)4)11-7-8-13(16)12(15)9-11;2*1-5(11)6-2-3-8(10)7(9)4-6/h7-10H,1-6H3;2-5,11H,1H3;2-4H,1H3/t10-;5-;/m00./s1. The fourth-order valence-corrected chi connectivity index (χ4v) is 5.48. The molecular weight excluding hydrogens is 733 g/mol. The maximum Gasteiger partial charge on any atom is 0.192 e. The van der Waals surface area contributed by atoms with Crippen LogP contribution in [0.4, 0.5) is 13.2 Å². The van der Waals surface area contributed by atoms with Crippen molar-refractivity contribution in [1.29, 1.82) is 0 Å². The number of carbonyl (C=O) groups excluding carboxylic acids is 1. The van der Waals surface area contributed by atoms with Crippen LogP contribution in [0.15, 0.2) is 68.0 Å². The SMILES string of the molecule is CC(=O)c1ccc(F)c(Br)c1.C[C@H](O)c1ccc(F)c(Br)c1.C[C@H](O[Si](C)(C)C(C)(C)C)c1ccc(F)c(Br)c1. The molecule has 0 aliphatic rings. The summed E-state index contributed by atoms with van der Waals surface area (Å²) in [6, 6.07) is 13.7. The summed E-state index contributed by atoms with van der Waals surface area (Å²) in [6.07, 6.45) is -0.560. The van der Waals surface area contributed by atoms with E-state index in [2.05, 4.69) is 81.7 Å². The minimum Gasteiger partial charge on any atom is -0.410 e. The second-order valence-electron chi connectivity index (χ2n) is 10.7. The second-order valence-corrected chi connectivity index (χ2v) is 18.0. The Morgan fingerprint density at radius 1 is 0.800 bits per heavy atom. The predicted molar refractivity (Wildman–Crippen MR) is 170 cm³/mol. The summed E-state index contributed by atoms with van der Waals surface area (Å²) in [5, 5.41) is 9.27. The third kappa shape index (κ3) is 11.5. The summed E-state index contributed by atoms with van der Waals surface area (Å²) < 4.78 is 45.9. The Bertz CT molecular complexity index is 1290. The highest BCUT2D eigenvalue weighted by Crippen LogP contribution is 2.40. The summed E-state index contributed by atoms with van der Waals surface area (Å²) in [5.41, 5.74) is 2.23. The molecule has 0 aliphatic carbocycles. The van der Waals surface area contributed by atoms with Crippen molar-refractivity contribution in [3.63, 3.8) is 0 Å². The van der Waals surface area contributed by atoms with E-state index in [9.17, 15) is 18.0 Å².